The molecular weight excluding hydrogens is 257 g/mol. The van der Waals surface area contributed by atoms with Gasteiger partial charge in [-0.2, -0.15) is 5.26 Å². The largest absolute Gasteiger partial charge is 0.491 e. The normalized spacial score (nSPS) is 12.8. The number of hydrogen-bond acceptors (Lipinski definition) is 3. The van der Waals surface area contributed by atoms with Crippen LogP contribution in [0.5, 0.6) is 5.75 Å². The monoisotopic (exact) mass is 279 g/mol. The van der Waals surface area contributed by atoms with Gasteiger partial charge in [0.1, 0.15) is 0 Å². The summed E-state index contributed by atoms with van der Waals surface area (Å²) >= 11 is 0. The van der Waals surface area contributed by atoms with Gasteiger partial charge in [0.15, 0.2) is 11.6 Å². The molecule has 0 unspecified atom stereocenters. The molecule has 0 radical (unpaired) electrons. The van der Waals surface area contributed by atoms with Crippen LogP contribution in [0, 0.1) is 22.6 Å². The molecule has 0 saturated carbocycles. The molecule has 110 valence electrons. The molecule has 0 spiro atoms. The van der Waals surface area contributed by atoms with Gasteiger partial charge in [0.25, 0.3) is 0 Å². The number of nitriles is 1. The minimum atomic E-state index is -0.688. The molecule has 1 rings (SSSR count). The molecular formula is C16H22FNO2. The molecule has 0 heterocycles. The lowest BCUT2D eigenvalue weighted by atomic mass is 9.89. The van der Waals surface area contributed by atoms with Crippen molar-refractivity contribution < 1.29 is 14.2 Å². The van der Waals surface area contributed by atoms with Crippen molar-refractivity contribution in [2.24, 2.45) is 5.41 Å². The highest BCUT2D eigenvalue weighted by atomic mass is 19.1. The summed E-state index contributed by atoms with van der Waals surface area (Å²) < 4.78 is 19.1. The maximum absolute atomic E-state index is 13.7. The average Bonchev–Trinajstić information content (AvgIpc) is 2.39. The Hall–Kier alpha value is -1.60. The molecule has 1 aromatic rings. The van der Waals surface area contributed by atoms with Crippen molar-refractivity contribution in [3.05, 3.63) is 29.6 Å². The van der Waals surface area contributed by atoms with E-state index in [0.717, 1.165) is 19.3 Å². The molecule has 1 aromatic carbocycles. The van der Waals surface area contributed by atoms with Gasteiger partial charge in [-0.1, -0.05) is 6.07 Å². The van der Waals surface area contributed by atoms with Gasteiger partial charge in [0.05, 0.1) is 24.2 Å². The third-order valence-electron chi connectivity index (χ3n) is 3.19. The fourth-order valence-electron chi connectivity index (χ4n) is 1.80. The first kappa shape index (κ1) is 16.5. The van der Waals surface area contributed by atoms with Gasteiger partial charge in [-0.3, -0.25) is 0 Å². The fraction of sp³-hybridized carbons (Fsp3) is 0.562. The van der Waals surface area contributed by atoms with Crippen LogP contribution < -0.4 is 4.74 Å². The van der Waals surface area contributed by atoms with Crippen LogP contribution in [0.25, 0.3) is 0 Å². The highest BCUT2D eigenvalue weighted by Crippen LogP contribution is 2.24. The van der Waals surface area contributed by atoms with Gasteiger partial charge >= 0.3 is 0 Å². The predicted molar refractivity (Wildman–Crippen MR) is 75.8 cm³/mol. The first-order valence-electron chi connectivity index (χ1n) is 6.87. The van der Waals surface area contributed by atoms with E-state index in [-0.39, 0.29) is 11.2 Å². The standard InChI is InChI=1S/C16H22FNO2/c1-12(19)13-6-7-15(14(17)10-13)20-9-5-4-8-16(2,3)11-18/h6-7,10,12,19H,4-5,8-9H2,1-3H3/t12-/m0/s1. The number of aliphatic hydroxyl groups excluding tert-OH is 1. The number of rotatable bonds is 7. The molecule has 0 fully saturated rings. The van der Waals surface area contributed by atoms with E-state index in [0.29, 0.717) is 12.2 Å². The van der Waals surface area contributed by atoms with Crippen molar-refractivity contribution in [3.63, 3.8) is 0 Å². The second-order valence-corrected chi connectivity index (χ2v) is 5.67. The molecule has 1 atom stereocenters. The van der Waals surface area contributed by atoms with E-state index in [1.807, 2.05) is 13.8 Å². The smallest absolute Gasteiger partial charge is 0.165 e. The van der Waals surface area contributed by atoms with E-state index < -0.39 is 11.9 Å². The van der Waals surface area contributed by atoms with Crippen molar-refractivity contribution in [1.82, 2.24) is 0 Å². The number of ether oxygens (including phenoxy) is 1. The Labute approximate surface area is 120 Å². The van der Waals surface area contributed by atoms with E-state index in [1.54, 1.807) is 13.0 Å². The van der Waals surface area contributed by atoms with Crippen molar-refractivity contribution in [2.75, 3.05) is 6.61 Å². The number of hydrogen-bond donors (Lipinski definition) is 1. The first-order chi connectivity index (χ1) is 9.35. The summed E-state index contributed by atoms with van der Waals surface area (Å²) in [6, 6.07) is 6.73. The van der Waals surface area contributed by atoms with Gasteiger partial charge < -0.3 is 9.84 Å². The molecule has 0 aliphatic carbocycles. The Morgan fingerprint density at radius 2 is 2.10 bits per heavy atom. The van der Waals surface area contributed by atoms with Gasteiger partial charge in [-0.25, -0.2) is 4.39 Å². The lowest BCUT2D eigenvalue weighted by Gasteiger charge is -2.14. The van der Waals surface area contributed by atoms with E-state index in [9.17, 15) is 9.50 Å². The Balaban J connectivity index is 2.38. The molecule has 0 saturated heterocycles. The summed E-state index contributed by atoms with van der Waals surface area (Å²) in [5.41, 5.74) is 0.218. The molecule has 0 aliphatic rings. The third kappa shape index (κ3) is 5.18. The zero-order valence-electron chi connectivity index (χ0n) is 12.3. The topological polar surface area (TPSA) is 53.2 Å². The Morgan fingerprint density at radius 3 is 2.65 bits per heavy atom. The van der Waals surface area contributed by atoms with Gasteiger partial charge in [-0.05, 0) is 57.7 Å². The maximum atomic E-state index is 13.7. The minimum absolute atomic E-state index is 0.203. The molecule has 1 N–H and O–H groups in total. The molecule has 0 aromatic heterocycles. The minimum Gasteiger partial charge on any atom is -0.491 e. The number of nitrogens with zero attached hydrogens (tertiary/aromatic N) is 1. The average molecular weight is 279 g/mol. The van der Waals surface area contributed by atoms with Crippen molar-refractivity contribution in [2.45, 2.75) is 46.1 Å². The summed E-state index contributed by atoms with van der Waals surface area (Å²) in [6.45, 7) is 5.82. The van der Waals surface area contributed by atoms with Gasteiger partial charge in [-0.15, -0.1) is 0 Å². The van der Waals surface area contributed by atoms with Crippen LogP contribution >= 0.6 is 0 Å². The Bertz CT molecular complexity index is 478. The third-order valence-corrected chi connectivity index (χ3v) is 3.19. The molecule has 3 nitrogen and oxygen atoms in total. The lowest BCUT2D eigenvalue weighted by Crippen LogP contribution is -2.08. The number of benzene rings is 1. The zero-order chi connectivity index (χ0) is 15.2. The van der Waals surface area contributed by atoms with Gasteiger partial charge in [0.2, 0.25) is 0 Å². The summed E-state index contributed by atoms with van der Waals surface area (Å²) in [7, 11) is 0. The summed E-state index contributed by atoms with van der Waals surface area (Å²) in [5.74, 6) is -0.255. The van der Waals surface area contributed by atoms with Crippen LogP contribution in [0.15, 0.2) is 18.2 Å². The molecule has 0 bridgehead atoms. The van der Waals surface area contributed by atoms with E-state index in [2.05, 4.69) is 6.07 Å². The van der Waals surface area contributed by atoms with Crippen LogP contribution in [-0.2, 0) is 0 Å². The SMILES string of the molecule is C[C@H](O)c1ccc(OCCCCC(C)(C)C#N)c(F)c1. The van der Waals surface area contributed by atoms with Crippen LogP contribution in [-0.4, -0.2) is 11.7 Å². The van der Waals surface area contributed by atoms with Crippen LogP contribution in [0.3, 0.4) is 0 Å². The van der Waals surface area contributed by atoms with Gasteiger partial charge in [0, 0.05) is 0 Å². The van der Waals surface area contributed by atoms with E-state index in [4.69, 9.17) is 10.00 Å². The lowest BCUT2D eigenvalue weighted by molar-refractivity contribution is 0.198. The highest BCUT2D eigenvalue weighted by molar-refractivity contribution is 5.30. The Kier molecular flexibility index (Phi) is 5.97. The second-order valence-electron chi connectivity index (χ2n) is 5.67. The van der Waals surface area contributed by atoms with Crippen LogP contribution in [0.1, 0.15) is 51.7 Å². The second kappa shape index (κ2) is 7.25. The number of unbranched alkanes of at least 4 members (excludes halogenated alkanes) is 1. The van der Waals surface area contributed by atoms with Crippen molar-refractivity contribution >= 4 is 0 Å². The van der Waals surface area contributed by atoms with E-state index in [1.165, 1.54) is 12.1 Å². The van der Waals surface area contributed by atoms with Crippen LogP contribution in [0.2, 0.25) is 0 Å². The summed E-state index contributed by atoms with van der Waals surface area (Å²) in [5, 5.41) is 18.2. The summed E-state index contributed by atoms with van der Waals surface area (Å²) in [6.07, 6.45) is 1.76. The first-order valence-corrected chi connectivity index (χ1v) is 6.87. The van der Waals surface area contributed by atoms with Crippen LogP contribution in [0.4, 0.5) is 4.39 Å². The van der Waals surface area contributed by atoms with Crippen molar-refractivity contribution in [3.8, 4) is 11.8 Å². The summed E-state index contributed by atoms with van der Waals surface area (Å²) in [4.78, 5) is 0. The molecule has 0 aliphatic heterocycles. The van der Waals surface area contributed by atoms with Crippen molar-refractivity contribution in [1.29, 1.82) is 5.26 Å². The number of halogens is 1. The highest BCUT2D eigenvalue weighted by Gasteiger charge is 2.15. The number of aliphatic hydroxyl groups is 1. The quantitative estimate of drug-likeness (QED) is 0.768. The predicted octanol–water partition coefficient (Wildman–Crippen LogP) is 3.98. The molecule has 0 amide bonds. The maximum Gasteiger partial charge on any atom is 0.165 e. The van der Waals surface area contributed by atoms with E-state index >= 15 is 0 Å². The molecule has 20 heavy (non-hydrogen) atoms. The Morgan fingerprint density at radius 1 is 1.40 bits per heavy atom. The fourth-order valence-corrected chi connectivity index (χ4v) is 1.80. The zero-order valence-corrected chi connectivity index (χ0v) is 12.3. The molecule has 4 heteroatoms.